The predicted molar refractivity (Wildman–Crippen MR) is 101 cm³/mol. The topological polar surface area (TPSA) is 49.4 Å². The molecule has 0 saturated carbocycles. The van der Waals surface area contributed by atoms with E-state index in [1.807, 2.05) is 55.5 Å². The minimum atomic E-state index is -0.0593. The number of benzene rings is 2. The third-order valence-corrected chi connectivity index (χ3v) is 4.34. The lowest BCUT2D eigenvalue weighted by Gasteiger charge is -2.21. The molecule has 0 spiro atoms. The van der Waals surface area contributed by atoms with E-state index in [9.17, 15) is 9.59 Å². The second kappa shape index (κ2) is 9.02. The fraction of sp³-hybridized carbons (Fsp3) is 0.333. The van der Waals surface area contributed by atoms with Gasteiger partial charge in [0.1, 0.15) is 0 Å². The van der Waals surface area contributed by atoms with Crippen LogP contribution in [0.25, 0.3) is 0 Å². The van der Waals surface area contributed by atoms with Gasteiger partial charge < -0.3 is 10.2 Å². The molecule has 2 aromatic rings. The summed E-state index contributed by atoms with van der Waals surface area (Å²) in [4.78, 5) is 25.7. The van der Waals surface area contributed by atoms with Crippen molar-refractivity contribution >= 4 is 17.5 Å². The number of nitrogens with zero attached hydrogens (tertiary/aromatic N) is 1. The van der Waals surface area contributed by atoms with Crippen molar-refractivity contribution in [2.24, 2.45) is 0 Å². The van der Waals surface area contributed by atoms with E-state index >= 15 is 0 Å². The Morgan fingerprint density at radius 3 is 2.32 bits per heavy atom. The number of nitrogens with one attached hydrogen (secondary N) is 1. The number of aryl methyl sites for hydroxylation is 2. The van der Waals surface area contributed by atoms with Gasteiger partial charge in [-0.2, -0.15) is 0 Å². The highest BCUT2D eigenvalue weighted by Crippen LogP contribution is 2.16. The predicted octanol–water partition coefficient (Wildman–Crippen LogP) is 3.62. The molecule has 0 radical (unpaired) electrons. The van der Waals surface area contributed by atoms with Crippen LogP contribution in [0.5, 0.6) is 0 Å². The summed E-state index contributed by atoms with van der Waals surface area (Å²) in [6.07, 6.45) is 1.24. The van der Waals surface area contributed by atoms with Crippen LogP contribution in [0.4, 0.5) is 5.69 Å². The fourth-order valence-electron chi connectivity index (χ4n) is 2.68. The van der Waals surface area contributed by atoms with Crippen LogP contribution in [0.1, 0.15) is 37.0 Å². The van der Waals surface area contributed by atoms with Gasteiger partial charge in [-0.25, -0.2) is 0 Å². The molecule has 0 heterocycles. The SMILES string of the molecule is CCc1ccc(N(CCC(=O)NCc2ccccc2C)C(C)=O)cc1. The molecule has 4 heteroatoms. The Hall–Kier alpha value is -2.62. The third kappa shape index (κ3) is 5.45. The van der Waals surface area contributed by atoms with Crippen molar-refractivity contribution in [1.29, 1.82) is 0 Å². The van der Waals surface area contributed by atoms with Crippen LogP contribution in [-0.4, -0.2) is 18.4 Å². The van der Waals surface area contributed by atoms with Crippen LogP contribution >= 0.6 is 0 Å². The summed E-state index contributed by atoms with van der Waals surface area (Å²) >= 11 is 0. The van der Waals surface area contributed by atoms with Gasteiger partial charge in [0.2, 0.25) is 11.8 Å². The molecule has 1 N–H and O–H groups in total. The molecule has 0 aliphatic rings. The fourth-order valence-corrected chi connectivity index (χ4v) is 2.68. The lowest BCUT2D eigenvalue weighted by molar-refractivity contribution is -0.121. The first-order chi connectivity index (χ1) is 12.0. The number of hydrogen-bond acceptors (Lipinski definition) is 2. The molecular formula is C21H26N2O2. The highest BCUT2D eigenvalue weighted by molar-refractivity contribution is 5.92. The molecule has 132 valence electrons. The summed E-state index contributed by atoms with van der Waals surface area (Å²) in [5.41, 5.74) is 4.32. The summed E-state index contributed by atoms with van der Waals surface area (Å²) in [5, 5.41) is 2.93. The molecule has 0 atom stereocenters. The highest BCUT2D eigenvalue weighted by atomic mass is 16.2. The quantitative estimate of drug-likeness (QED) is 0.838. The average molecular weight is 338 g/mol. The number of rotatable bonds is 7. The van der Waals surface area contributed by atoms with Crippen LogP contribution < -0.4 is 10.2 Å². The Kier molecular flexibility index (Phi) is 6.75. The summed E-state index contributed by atoms with van der Waals surface area (Å²) in [6.45, 7) is 6.53. The Morgan fingerprint density at radius 1 is 1.04 bits per heavy atom. The zero-order chi connectivity index (χ0) is 18.2. The zero-order valence-electron chi connectivity index (χ0n) is 15.2. The summed E-state index contributed by atoms with van der Waals surface area (Å²) in [5.74, 6) is -0.115. The van der Waals surface area contributed by atoms with Gasteiger partial charge in [0, 0.05) is 32.1 Å². The largest absolute Gasteiger partial charge is 0.352 e. The van der Waals surface area contributed by atoms with Crippen molar-refractivity contribution in [2.45, 2.75) is 40.2 Å². The van der Waals surface area contributed by atoms with Crippen molar-refractivity contribution in [2.75, 3.05) is 11.4 Å². The molecule has 0 aliphatic heterocycles. The molecule has 0 aromatic heterocycles. The van der Waals surface area contributed by atoms with Crippen molar-refractivity contribution in [3.05, 3.63) is 65.2 Å². The Balaban J connectivity index is 1.90. The first kappa shape index (κ1) is 18.7. The molecule has 2 rings (SSSR count). The van der Waals surface area contributed by atoms with Gasteiger partial charge in [0.15, 0.2) is 0 Å². The van der Waals surface area contributed by atoms with Gasteiger partial charge in [-0.05, 0) is 42.2 Å². The minimum Gasteiger partial charge on any atom is -0.352 e. The lowest BCUT2D eigenvalue weighted by atomic mass is 10.1. The van der Waals surface area contributed by atoms with Gasteiger partial charge in [0.25, 0.3) is 0 Å². The van der Waals surface area contributed by atoms with Crippen LogP contribution in [0.15, 0.2) is 48.5 Å². The third-order valence-electron chi connectivity index (χ3n) is 4.34. The monoisotopic (exact) mass is 338 g/mol. The van der Waals surface area contributed by atoms with E-state index in [0.717, 1.165) is 23.2 Å². The van der Waals surface area contributed by atoms with E-state index < -0.39 is 0 Å². The molecule has 0 unspecified atom stereocenters. The first-order valence-corrected chi connectivity index (χ1v) is 8.69. The summed E-state index contributed by atoms with van der Waals surface area (Å²) in [7, 11) is 0. The van der Waals surface area contributed by atoms with Crippen molar-refractivity contribution in [3.8, 4) is 0 Å². The molecule has 25 heavy (non-hydrogen) atoms. The Labute approximate surface area is 149 Å². The smallest absolute Gasteiger partial charge is 0.223 e. The maximum Gasteiger partial charge on any atom is 0.223 e. The van der Waals surface area contributed by atoms with Gasteiger partial charge in [-0.15, -0.1) is 0 Å². The molecule has 0 bridgehead atoms. The lowest BCUT2D eigenvalue weighted by Crippen LogP contribution is -2.33. The molecule has 0 saturated heterocycles. The molecule has 0 aliphatic carbocycles. The number of anilines is 1. The van der Waals surface area contributed by atoms with E-state index in [-0.39, 0.29) is 18.2 Å². The van der Waals surface area contributed by atoms with Gasteiger partial charge in [-0.1, -0.05) is 43.3 Å². The molecule has 4 nitrogen and oxygen atoms in total. The Morgan fingerprint density at radius 2 is 1.72 bits per heavy atom. The van der Waals surface area contributed by atoms with E-state index in [0.29, 0.717) is 13.1 Å². The van der Waals surface area contributed by atoms with E-state index in [1.165, 1.54) is 12.5 Å². The van der Waals surface area contributed by atoms with Gasteiger partial charge in [-0.3, -0.25) is 9.59 Å². The molecular weight excluding hydrogens is 312 g/mol. The summed E-state index contributed by atoms with van der Waals surface area (Å²) < 4.78 is 0. The first-order valence-electron chi connectivity index (χ1n) is 8.69. The number of carbonyl (C=O) groups excluding carboxylic acids is 2. The van der Waals surface area contributed by atoms with Crippen molar-refractivity contribution < 1.29 is 9.59 Å². The number of amides is 2. The standard InChI is InChI=1S/C21H26N2O2/c1-4-18-9-11-20(12-10-18)23(17(3)24)14-13-21(25)22-15-19-8-6-5-7-16(19)2/h5-12H,4,13-15H2,1-3H3,(H,22,25). The second-order valence-electron chi connectivity index (χ2n) is 6.14. The normalized spacial score (nSPS) is 10.4. The van der Waals surface area contributed by atoms with Crippen LogP contribution in [0.3, 0.4) is 0 Å². The molecule has 2 aromatic carbocycles. The van der Waals surface area contributed by atoms with E-state index in [2.05, 4.69) is 12.2 Å². The molecule has 0 fully saturated rings. The second-order valence-corrected chi connectivity index (χ2v) is 6.14. The van der Waals surface area contributed by atoms with Crippen LogP contribution in [-0.2, 0) is 22.6 Å². The molecule has 2 amide bonds. The van der Waals surface area contributed by atoms with E-state index in [4.69, 9.17) is 0 Å². The average Bonchev–Trinajstić information content (AvgIpc) is 2.61. The minimum absolute atomic E-state index is 0.0559. The van der Waals surface area contributed by atoms with Gasteiger partial charge in [0.05, 0.1) is 0 Å². The van der Waals surface area contributed by atoms with Crippen LogP contribution in [0.2, 0.25) is 0 Å². The van der Waals surface area contributed by atoms with Crippen LogP contribution in [0, 0.1) is 6.92 Å². The highest BCUT2D eigenvalue weighted by Gasteiger charge is 2.13. The maximum absolute atomic E-state index is 12.1. The number of carbonyl (C=O) groups is 2. The van der Waals surface area contributed by atoms with Crippen molar-refractivity contribution in [3.63, 3.8) is 0 Å². The number of hydrogen-bond donors (Lipinski definition) is 1. The Bertz CT molecular complexity index is 723. The van der Waals surface area contributed by atoms with Gasteiger partial charge >= 0.3 is 0 Å². The van der Waals surface area contributed by atoms with E-state index in [1.54, 1.807) is 4.90 Å². The zero-order valence-corrected chi connectivity index (χ0v) is 15.2. The maximum atomic E-state index is 12.1. The summed E-state index contributed by atoms with van der Waals surface area (Å²) in [6, 6.07) is 15.9. The van der Waals surface area contributed by atoms with Crippen molar-refractivity contribution in [1.82, 2.24) is 5.32 Å².